The molecule has 108 valence electrons. The predicted molar refractivity (Wildman–Crippen MR) is 88.6 cm³/mol. The van der Waals surface area contributed by atoms with Gasteiger partial charge in [0.15, 0.2) is 17.2 Å². The van der Waals surface area contributed by atoms with E-state index >= 15 is 0 Å². The van der Waals surface area contributed by atoms with Crippen molar-refractivity contribution in [3.63, 3.8) is 0 Å². The molecule has 0 N–H and O–H groups in total. The highest BCUT2D eigenvalue weighted by molar-refractivity contribution is 5.63. The minimum absolute atomic E-state index is 0.617. The molecule has 0 aliphatic carbocycles. The van der Waals surface area contributed by atoms with Crippen LogP contribution in [0.3, 0.4) is 0 Å². The lowest BCUT2D eigenvalue weighted by molar-refractivity contribution is 1.11. The number of aromatic nitrogens is 4. The zero-order valence-electron chi connectivity index (χ0n) is 12.2. The topological polar surface area (TPSA) is 43.1 Å². The molecular formula is C19H12N4. The molecule has 0 radical (unpaired) electrons. The molecule has 2 aromatic heterocycles. The molecule has 0 saturated carbocycles. The fourth-order valence-corrected chi connectivity index (χ4v) is 2.35. The van der Waals surface area contributed by atoms with Crippen molar-refractivity contribution in [3.05, 3.63) is 84.3 Å². The van der Waals surface area contributed by atoms with E-state index in [0.29, 0.717) is 11.3 Å². The lowest BCUT2D eigenvalue weighted by Crippen LogP contribution is -1.93. The summed E-state index contributed by atoms with van der Waals surface area (Å²) in [6.07, 6.45) is 3.57. The van der Waals surface area contributed by atoms with Gasteiger partial charge in [0.1, 0.15) is 0 Å². The highest BCUT2D eigenvalue weighted by Crippen LogP contribution is 2.18. The minimum Gasteiger partial charge on any atom is -0.278 e. The average molecular weight is 296 g/mol. The molecular weight excluding hydrogens is 284 g/mol. The summed E-state index contributed by atoms with van der Waals surface area (Å²) in [4.78, 5) is 4.33. The van der Waals surface area contributed by atoms with Crippen LogP contribution in [0.1, 0.15) is 11.3 Å². The van der Waals surface area contributed by atoms with Crippen LogP contribution in [0.2, 0.25) is 0 Å². The molecule has 0 saturated heterocycles. The van der Waals surface area contributed by atoms with Gasteiger partial charge in [-0.05, 0) is 18.1 Å². The summed E-state index contributed by atoms with van der Waals surface area (Å²) in [7, 11) is 0. The Kier molecular flexibility index (Phi) is 3.30. The molecule has 4 nitrogen and oxygen atoms in total. The maximum atomic E-state index is 4.33. The molecule has 2 heterocycles. The van der Waals surface area contributed by atoms with Gasteiger partial charge in [-0.25, -0.2) is 4.98 Å². The van der Waals surface area contributed by atoms with E-state index in [0.717, 1.165) is 17.0 Å². The second kappa shape index (κ2) is 5.74. The van der Waals surface area contributed by atoms with E-state index < -0.39 is 0 Å². The van der Waals surface area contributed by atoms with Crippen molar-refractivity contribution >= 4 is 5.65 Å². The Bertz CT molecular complexity index is 1010. The standard InChI is InChI=1S/C19H12N4/c1-3-7-15(8-4-1)11-12-17-19-22-21-18(23(19)14-13-20-17)16-9-5-2-6-10-16/h1-10,13-14H. The molecule has 4 rings (SSSR count). The van der Waals surface area contributed by atoms with Crippen LogP contribution in [0.4, 0.5) is 0 Å². The van der Waals surface area contributed by atoms with Crippen molar-refractivity contribution in [3.8, 4) is 23.2 Å². The zero-order chi connectivity index (χ0) is 15.5. The van der Waals surface area contributed by atoms with Gasteiger partial charge in [-0.15, -0.1) is 10.2 Å². The fourth-order valence-electron chi connectivity index (χ4n) is 2.35. The Balaban J connectivity index is 1.82. The minimum atomic E-state index is 0.617. The fraction of sp³-hybridized carbons (Fsp3) is 0. The third-order valence-electron chi connectivity index (χ3n) is 3.46. The Morgan fingerprint density at radius 1 is 0.783 bits per heavy atom. The Labute approximate surface area is 133 Å². The summed E-state index contributed by atoms with van der Waals surface area (Å²) in [6.45, 7) is 0. The van der Waals surface area contributed by atoms with Gasteiger partial charge in [0.05, 0.1) is 0 Å². The van der Waals surface area contributed by atoms with Crippen LogP contribution in [0.5, 0.6) is 0 Å². The first-order chi connectivity index (χ1) is 11.4. The van der Waals surface area contributed by atoms with Crippen molar-refractivity contribution in [2.45, 2.75) is 0 Å². The van der Waals surface area contributed by atoms with Crippen LogP contribution in [-0.2, 0) is 0 Å². The quantitative estimate of drug-likeness (QED) is 0.507. The van der Waals surface area contributed by atoms with E-state index in [1.807, 2.05) is 71.3 Å². The third kappa shape index (κ3) is 2.56. The van der Waals surface area contributed by atoms with Gasteiger partial charge in [-0.3, -0.25) is 4.40 Å². The highest BCUT2D eigenvalue weighted by Gasteiger charge is 2.10. The number of fused-ring (bicyclic) bond motifs is 1. The first-order valence-electron chi connectivity index (χ1n) is 7.24. The number of nitrogens with zero attached hydrogens (tertiary/aromatic N) is 4. The summed E-state index contributed by atoms with van der Waals surface area (Å²) in [5.41, 5.74) is 3.23. The first kappa shape index (κ1) is 13.2. The molecule has 23 heavy (non-hydrogen) atoms. The van der Waals surface area contributed by atoms with E-state index in [2.05, 4.69) is 27.0 Å². The number of hydrogen-bond acceptors (Lipinski definition) is 3. The van der Waals surface area contributed by atoms with Crippen molar-refractivity contribution in [2.75, 3.05) is 0 Å². The van der Waals surface area contributed by atoms with Crippen molar-refractivity contribution in [1.82, 2.24) is 19.6 Å². The van der Waals surface area contributed by atoms with Crippen LogP contribution in [-0.4, -0.2) is 19.6 Å². The molecule has 2 aromatic carbocycles. The maximum absolute atomic E-state index is 4.33. The second-order valence-corrected chi connectivity index (χ2v) is 4.98. The Morgan fingerprint density at radius 2 is 1.52 bits per heavy atom. The largest absolute Gasteiger partial charge is 0.278 e. The summed E-state index contributed by atoms with van der Waals surface area (Å²) in [6, 6.07) is 19.8. The lowest BCUT2D eigenvalue weighted by Gasteiger charge is -1.99. The van der Waals surface area contributed by atoms with Crippen LogP contribution >= 0.6 is 0 Å². The van der Waals surface area contributed by atoms with Crippen LogP contribution < -0.4 is 0 Å². The van der Waals surface area contributed by atoms with Gasteiger partial charge in [0.25, 0.3) is 0 Å². The van der Waals surface area contributed by atoms with Crippen LogP contribution in [0.15, 0.2) is 73.1 Å². The zero-order valence-corrected chi connectivity index (χ0v) is 12.2. The molecule has 0 amide bonds. The number of benzene rings is 2. The molecule has 4 aromatic rings. The number of rotatable bonds is 1. The summed E-state index contributed by atoms with van der Waals surface area (Å²) in [5, 5.41) is 8.54. The molecule has 0 atom stereocenters. The summed E-state index contributed by atoms with van der Waals surface area (Å²) < 4.78 is 1.91. The van der Waals surface area contributed by atoms with E-state index in [9.17, 15) is 0 Å². The van der Waals surface area contributed by atoms with E-state index in [1.54, 1.807) is 6.20 Å². The lowest BCUT2D eigenvalue weighted by atomic mass is 10.2. The molecule has 0 spiro atoms. The van der Waals surface area contributed by atoms with Crippen LogP contribution in [0.25, 0.3) is 17.0 Å². The molecule has 0 unspecified atom stereocenters. The van der Waals surface area contributed by atoms with E-state index in [1.165, 1.54) is 0 Å². The number of hydrogen-bond donors (Lipinski definition) is 0. The van der Waals surface area contributed by atoms with Crippen molar-refractivity contribution < 1.29 is 0 Å². The molecule has 4 heteroatoms. The van der Waals surface area contributed by atoms with Gasteiger partial charge >= 0.3 is 0 Å². The monoisotopic (exact) mass is 296 g/mol. The normalized spacial score (nSPS) is 10.3. The van der Waals surface area contributed by atoms with E-state index in [4.69, 9.17) is 0 Å². The second-order valence-electron chi connectivity index (χ2n) is 4.98. The van der Waals surface area contributed by atoms with Gasteiger partial charge in [-0.1, -0.05) is 54.5 Å². The predicted octanol–water partition coefficient (Wildman–Crippen LogP) is 3.19. The van der Waals surface area contributed by atoms with Gasteiger partial charge < -0.3 is 0 Å². The third-order valence-corrected chi connectivity index (χ3v) is 3.46. The molecule has 0 aliphatic rings. The summed E-state index contributed by atoms with van der Waals surface area (Å²) in [5.74, 6) is 6.98. The first-order valence-corrected chi connectivity index (χ1v) is 7.24. The molecule has 0 fully saturated rings. The highest BCUT2D eigenvalue weighted by atomic mass is 15.3. The van der Waals surface area contributed by atoms with Crippen molar-refractivity contribution in [1.29, 1.82) is 0 Å². The van der Waals surface area contributed by atoms with Crippen LogP contribution in [0, 0.1) is 11.8 Å². The maximum Gasteiger partial charge on any atom is 0.195 e. The van der Waals surface area contributed by atoms with E-state index in [-0.39, 0.29) is 0 Å². The average Bonchev–Trinajstić information content (AvgIpc) is 3.06. The molecule has 0 bridgehead atoms. The Morgan fingerprint density at radius 3 is 2.30 bits per heavy atom. The smallest absolute Gasteiger partial charge is 0.195 e. The van der Waals surface area contributed by atoms with Gasteiger partial charge in [0.2, 0.25) is 0 Å². The van der Waals surface area contributed by atoms with Gasteiger partial charge in [0, 0.05) is 23.5 Å². The van der Waals surface area contributed by atoms with Gasteiger partial charge in [-0.2, -0.15) is 0 Å². The van der Waals surface area contributed by atoms with Crippen molar-refractivity contribution in [2.24, 2.45) is 0 Å². The summed E-state index contributed by atoms with van der Waals surface area (Å²) >= 11 is 0. The molecule has 0 aliphatic heterocycles. The SMILES string of the molecule is C(#Cc1nccn2c(-c3ccccc3)nnc12)c1ccccc1. The Hall–Kier alpha value is -3.45.